The number of hydrogen-bond donors (Lipinski definition) is 1. The summed E-state index contributed by atoms with van der Waals surface area (Å²) >= 11 is 1.75. The second-order valence-electron chi connectivity index (χ2n) is 5.26. The van der Waals surface area contributed by atoms with Crippen LogP contribution in [0.5, 0.6) is 0 Å². The number of amides is 1. The Bertz CT molecular complexity index is 408. The summed E-state index contributed by atoms with van der Waals surface area (Å²) in [5, 5.41) is 5.14. The molecule has 94 valence electrons. The summed E-state index contributed by atoms with van der Waals surface area (Å²) in [5.41, 5.74) is 2.24. The van der Waals surface area contributed by atoms with Crippen LogP contribution in [-0.4, -0.2) is 11.9 Å². The van der Waals surface area contributed by atoms with Crippen molar-refractivity contribution in [1.82, 2.24) is 5.32 Å². The van der Waals surface area contributed by atoms with E-state index in [9.17, 15) is 4.79 Å². The molecular weight excluding hydrogens is 230 g/mol. The van der Waals surface area contributed by atoms with Crippen LogP contribution >= 0.6 is 11.3 Å². The summed E-state index contributed by atoms with van der Waals surface area (Å²) in [6.45, 7) is 6.34. The van der Waals surface area contributed by atoms with Gasteiger partial charge in [0.05, 0.1) is 5.56 Å². The van der Waals surface area contributed by atoms with E-state index in [2.05, 4.69) is 26.1 Å². The average molecular weight is 251 g/mol. The van der Waals surface area contributed by atoms with Gasteiger partial charge in [-0.15, -0.1) is 11.3 Å². The van der Waals surface area contributed by atoms with E-state index in [1.54, 1.807) is 11.3 Å². The molecule has 1 aromatic heterocycles. The molecule has 1 aromatic rings. The van der Waals surface area contributed by atoms with Crippen LogP contribution in [0.4, 0.5) is 0 Å². The standard InChI is InChI=1S/C14H21NOS/c1-9(2)10(3)15-14(16)12-8-17-13-7-5-4-6-11(12)13/h8-10H,4-7H2,1-3H3,(H,15,16). The molecule has 1 N–H and O–H groups in total. The highest BCUT2D eigenvalue weighted by Crippen LogP contribution is 2.30. The molecule has 2 nitrogen and oxygen atoms in total. The summed E-state index contributed by atoms with van der Waals surface area (Å²) < 4.78 is 0. The van der Waals surface area contributed by atoms with E-state index in [1.165, 1.54) is 23.3 Å². The van der Waals surface area contributed by atoms with Gasteiger partial charge >= 0.3 is 0 Å². The van der Waals surface area contributed by atoms with Crippen molar-refractivity contribution >= 4 is 17.2 Å². The van der Waals surface area contributed by atoms with Crippen LogP contribution in [0.3, 0.4) is 0 Å². The van der Waals surface area contributed by atoms with E-state index in [4.69, 9.17) is 0 Å². The molecule has 1 atom stereocenters. The van der Waals surface area contributed by atoms with Gasteiger partial charge in [0.1, 0.15) is 0 Å². The lowest BCUT2D eigenvalue weighted by molar-refractivity contribution is 0.0930. The van der Waals surface area contributed by atoms with Gasteiger partial charge in [-0.25, -0.2) is 0 Å². The maximum Gasteiger partial charge on any atom is 0.252 e. The number of carbonyl (C=O) groups excluding carboxylic acids is 1. The van der Waals surface area contributed by atoms with E-state index >= 15 is 0 Å². The Balaban J connectivity index is 2.12. The predicted octanol–water partition coefficient (Wildman–Crippen LogP) is 3.40. The number of thiophene rings is 1. The van der Waals surface area contributed by atoms with Crippen molar-refractivity contribution in [3.8, 4) is 0 Å². The van der Waals surface area contributed by atoms with Gasteiger partial charge in [-0.3, -0.25) is 4.79 Å². The highest BCUT2D eigenvalue weighted by atomic mass is 32.1. The zero-order chi connectivity index (χ0) is 12.4. The summed E-state index contributed by atoms with van der Waals surface area (Å²) in [7, 11) is 0. The average Bonchev–Trinajstić information content (AvgIpc) is 2.72. The van der Waals surface area contributed by atoms with Gasteiger partial charge in [-0.2, -0.15) is 0 Å². The molecule has 1 aliphatic carbocycles. The zero-order valence-electron chi connectivity index (χ0n) is 10.9. The third kappa shape index (κ3) is 2.71. The third-order valence-corrected chi connectivity index (χ3v) is 4.75. The first-order valence-electron chi connectivity index (χ1n) is 6.49. The molecule has 1 unspecified atom stereocenters. The highest BCUT2D eigenvalue weighted by molar-refractivity contribution is 7.10. The number of aryl methyl sites for hydroxylation is 1. The molecule has 1 heterocycles. The van der Waals surface area contributed by atoms with E-state index in [1.807, 2.05) is 5.38 Å². The Kier molecular flexibility index (Phi) is 3.87. The molecule has 0 bridgehead atoms. The second kappa shape index (κ2) is 5.21. The van der Waals surface area contributed by atoms with Crippen molar-refractivity contribution in [2.45, 2.75) is 52.5 Å². The number of nitrogens with one attached hydrogen (secondary N) is 1. The van der Waals surface area contributed by atoms with Gasteiger partial charge in [0.15, 0.2) is 0 Å². The molecule has 1 amide bonds. The normalized spacial score (nSPS) is 16.7. The molecule has 3 heteroatoms. The first-order valence-corrected chi connectivity index (χ1v) is 7.37. The van der Waals surface area contributed by atoms with Crippen LogP contribution in [0.25, 0.3) is 0 Å². The SMILES string of the molecule is CC(C)C(C)NC(=O)c1csc2c1CCCC2. The first kappa shape index (κ1) is 12.6. The molecule has 0 fully saturated rings. The van der Waals surface area contributed by atoms with Crippen molar-refractivity contribution in [3.63, 3.8) is 0 Å². The second-order valence-corrected chi connectivity index (χ2v) is 6.23. The van der Waals surface area contributed by atoms with Gasteiger partial charge in [-0.05, 0) is 44.1 Å². The molecule has 0 saturated carbocycles. The van der Waals surface area contributed by atoms with Crippen LogP contribution in [0.1, 0.15) is 54.4 Å². The summed E-state index contributed by atoms with van der Waals surface area (Å²) in [5.74, 6) is 0.596. The van der Waals surface area contributed by atoms with Crippen LogP contribution in [0.2, 0.25) is 0 Å². The topological polar surface area (TPSA) is 29.1 Å². The Morgan fingerprint density at radius 1 is 1.29 bits per heavy atom. The van der Waals surface area contributed by atoms with Crippen molar-refractivity contribution in [2.75, 3.05) is 0 Å². The van der Waals surface area contributed by atoms with Crippen molar-refractivity contribution < 1.29 is 4.79 Å². The predicted molar refractivity (Wildman–Crippen MR) is 72.7 cm³/mol. The Morgan fingerprint density at radius 2 is 2.00 bits per heavy atom. The minimum absolute atomic E-state index is 0.116. The number of fused-ring (bicyclic) bond motifs is 1. The van der Waals surface area contributed by atoms with Crippen LogP contribution in [0.15, 0.2) is 5.38 Å². The van der Waals surface area contributed by atoms with Crippen LogP contribution in [0, 0.1) is 5.92 Å². The maximum absolute atomic E-state index is 12.2. The number of rotatable bonds is 3. The maximum atomic E-state index is 12.2. The largest absolute Gasteiger partial charge is 0.349 e. The van der Waals surface area contributed by atoms with Crippen molar-refractivity contribution in [1.29, 1.82) is 0 Å². The quantitative estimate of drug-likeness (QED) is 0.876. The first-order chi connectivity index (χ1) is 8.09. The molecule has 0 aromatic carbocycles. The van der Waals surface area contributed by atoms with Gasteiger partial charge in [0, 0.05) is 16.3 Å². The zero-order valence-corrected chi connectivity index (χ0v) is 11.7. The third-order valence-electron chi connectivity index (χ3n) is 3.66. The highest BCUT2D eigenvalue weighted by Gasteiger charge is 2.21. The minimum Gasteiger partial charge on any atom is -0.349 e. The summed E-state index contributed by atoms with van der Waals surface area (Å²) in [6, 6.07) is 0.238. The lowest BCUT2D eigenvalue weighted by atomic mass is 9.95. The lowest BCUT2D eigenvalue weighted by Crippen LogP contribution is -2.36. The Hall–Kier alpha value is -0.830. The monoisotopic (exact) mass is 251 g/mol. The fourth-order valence-corrected chi connectivity index (χ4v) is 3.26. The van der Waals surface area contributed by atoms with Crippen molar-refractivity contribution in [2.24, 2.45) is 5.92 Å². The smallest absolute Gasteiger partial charge is 0.252 e. The minimum atomic E-state index is 0.116. The fourth-order valence-electron chi connectivity index (χ4n) is 2.14. The van der Waals surface area contributed by atoms with Crippen LogP contribution < -0.4 is 5.32 Å². The van der Waals surface area contributed by atoms with Gasteiger partial charge < -0.3 is 5.32 Å². The van der Waals surface area contributed by atoms with E-state index < -0.39 is 0 Å². The Morgan fingerprint density at radius 3 is 2.71 bits per heavy atom. The summed E-state index contributed by atoms with van der Waals surface area (Å²) in [4.78, 5) is 13.6. The van der Waals surface area contributed by atoms with Crippen molar-refractivity contribution in [3.05, 3.63) is 21.4 Å². The molecule has 0 radical (unpaired) electrons. The summed E-state index contributed by atoms with van der Waals surface area (Å²) in [6.07, 6.45) is 4.74. The van der Waals surface area contributed by atoms with E-state index in [0.717, 1.165) is 18.4 Å². The van der Waals surface area contributed by atoms with Gasteiger partial charge in [0.25, 0.3) is 5.91 Å². The lowest BCUT2D eigenvalue weighted by Gasteiger charge is -2.18. The van der Waals surface area contributed by atoms with E-state index in [0.29, 0.717) is 5.92 Å². The molecule has 17 heavy (non-hydrogen) atoms. The number of hydrogen-bond acceptors (Lipinski definition) is 2. The molecule has 0 spiro atoms. The van der Waals surface area contributed by atoms with E-state index in [-0.39, 0.29) is 11.9 Å². The fraction of sp³-hybridized carbons (Fsp3) is 0.643. The van der Waals surface area contributed by atoms with Gasteiger partial charge in [-0.1, -0.05) is 13.8 Å². The Labute approximate surface area is 107 Å². The molecular formula is C14H21NOS. The molecule has 0 saturated heterocycles. The molecule has 0 aliphatic heterocycles. The van der Waals surface area contributed by atoms with Gasteiger partial charge in [0.2, 0.25) is 0 Å². The van der Waals surface area contributed by atoms with Crippen LogP contribution in [-0.2, 0) is 12.8 Å². The molecule has 2 rings (SSSR count). The molecule has 1 aliphatic rings. The number of carbonyl (C=O) groups is 1.